The monoisotopic (exact) mass is 406 g/mol. The van der Waals surface area contributed by atoms with E-state index in [1.54, 1.807) is 24.6 Å². The van der Waals surface area contributed by atoms with Crippen LogP contribution in [0.5, 0.6) is 0 Å². The largest absolute Gasteiger partial charge is 0.463 e. The minimum Gasteiger partial charge on any atom is -0.463 e. The van der Waals surface area contributed by atoms with Gasteiger partial charge in [-0.1, -0.05) is 23.7 Å². The average molecular weight is 407 g/mol. The summed E-state index contributed by atoms with van der Waals surface area (Å²) in [5, 5.41) is 5.45. The molecule has 1 atom stereocenters. The van der Waals surface area contributed by atoms with E-state index in [2.05, 4.69) is 4.98 Å². The van der Waals surface area contributed by atoms with E-state index in [1.165, 1.54) is 5.56 Å². The van der Waals surface area contributed by atoms with Crippen LogP contribution in [0.25, 0.3) is 22.4 Å². The Morgan fingerprint density at radius 1 is 1.28 bits per heavy atom. The van der Waals surface area contributed by atoms with Crippen LogP contribution >= 0.6 is 11.6 Å². The van der Waals surface area contributed by atoms with E-state index in [0.717, 1.165) is 28.9 Å². The van der Waals surface area contributed by atoms with Gasteiger partial charge in [0, 0.05) is 42.0 Å². The lowest BCUT2D eigenvalue weighted by Gasteiger charge is -2.33. The second-order valence-electron chi connectivity index (χ2n) is 7.30. The van der Waals surface area contributed by atoms with Crippen LogP contribution in [0.3, 0.4) is 0 Å². The molecule has 7 heteroatoms. The summed E-state index contributed by atoms with van der Waals surface area (Å²) in [4.78, 5) is 19.4. The molecule has 1 aliphatic rings. The minimum atomic E-state index is -0.141. The number of amides is 1. The smallest absolute Gasteiger partial charge is 0.256 e. The van der Waals surface area contributed by atoms with Gasteiger partial charge in [0.1, 0.15) is 5.52 Å². The first-order valence-electron chi connectivity index (χ1n) is 9.49. The number of carbonyl (C=O) groups is 1. The van der Waals surface area contributed by atoms with Crippen molar-refractivity contribution >= 4 is 28.6 Å². The summed E-state index contributed by atoms with van der Waals surface area (Å²) < 4.78 is 7.28. The molecule has 4 aromatic rings. The first kappa shape index (κ1) is 17.9. The second kappa shape index (κ2) is 6.74. The number of nitrogens with zero attached hydrogens (tertiary/aromatic N) is 4. The predicted molar refractivity (Wildman–Crippen MR) is 111 cm³/mol. The van der Waals surface area contributed by atoms with E-state index in [0.29, 0.717) is 22.7 Å². The Labute approximate surface area is 172 Å². The van der Waals surface area contributed by atoms with Gasteiger partial charge in [0.15, 0.2) is 5.58 Å². The third-order valence-corrected chi connectivity index (χ3v) is 5.79. The molecule has 0 N–H and O–H groups in total. The van der Waals surface area contributed by atoms with Crippen molar-refractivity contribution in [3.8, 4) is 11.3 Å². The number of hydrogen-bond acceptors (Lipinski definition) is 4. The number of furan rings is 1. The normalized spacial score (nSPS) is 16.2. The summed E-state index contributed by atoms with van der Waals surface area (Å²) in [6.45, 7) is 2.63. The Hall–Kier alpha value is -3.12. The Morgan fingerprint density at radius 2 is 2.14 bits per heavy atom. The number of benzene rings is 1. The molecule has 0 fully saturated rings. The van der Waals surface area contributed by atoms with Crippen LogP contribution in [0, 0.1) is 0 Å². The second-order valence-corrected chi connectivity index (χ2v) is 7.74. The first-order valence-corrected chi connectivity index (χ1v) is 9.86. The maximum absolute atomic E-state index is 13.2. The zero-order chi connectivity index (χ0) is 20.1. The topological polar surface area (TPSA) is 64.2 Å². The van der Waals surface area contributed by atoms with Gasteiger partial charge in [-0.3, -0.25) is 14.5 Å². The van der Waals surface area contributed by atoms with E-state index < -0.39 is 0 Å². The summed E-state index contributed by atoms with van der Waals surface area (Å²) in [6, 6.07) is 11.2. The number of hydrogen-bond donors (Lipinski definition) is 0. The summed E-state index contributed by atoms with van der Waals surface area (Å²) in [7, 11) is 1.93. The molecule has 1 aromatic carbocycles. The quantitative estimate of drug-likeness (QED) is 0.486. The number of carbonyl (C=O) groups excluding carboxylic acids is 1. The zero-order valence-electron chi connectivity index (χ0n) is 16.1. The van der Waals surface area contributed by atoms with E-state index in [-0.39, 0.29) is 11.9 Å². The van der Waals surface area contributed by atoms with Crippen LogP contribution in [-0.2, 0) is 13.5 Å². The molecular formula is C22H19ClN4O2. The van der Waals surface area contributed by atoms with Crippen molar-refractivity contribution < 1.29 is 9.21 Å². The molecule has 5 rings (SSSR count). The molecule has 0 radical (unpaired) electrons. The maximum Gasteiger partial charge on any atom is 0.256 e. The predicted octanol–water partition coefficient (Wildman–Crippen LogP) is 4.64. The van der Waals surface area contributed by atoms with E-state index >= 15 is 0 Å². The molecule has 1 aliphatic heterocycles. The van der Waals surface area contributed by atoms with Crippen molar-refractivity contribution in [2.45, 2.75) is 19.4 Å². The highest BCUT2D eigenvalue weighted by atomic mass is 35.5. The number of aryl methyl sites for hydroxylation is 1. The van der Waals surface area contributed by atoms with Crippen molar-refractivity contribution in [1.82, 2.24) is 19.7 Å². The Morgan fingerprint density at radius 3 is 2.97 bits per heavy atom. The van der Waals surface area contributed by atoms with Gasteiger partial charge >= 0.3 is 0 Å². The van der Waals surface area contributed by atoms with Crippen molar-refractivity contribution in [2.75, 3.05) is 6.54 Å². The number of halogens is 1. The van der Waals surface area contributed by atoms with Gasteiger partial charge in [-0.2, -0.15) is 5.10 Å². The Bertz CT molecular complexity index is 1240. The van der Waals surface area contributed by atoms with Crippen molar-refractivity contribution in [1.29, 1.82) is 0 Å². The number of pyridine rings is 1. The molecule has 3 aromatic heterocycles. The van der Waals surface area contributed by atoms with E-state index in [9.17, 15) is 4.79 Å². The maximum atomic E-state index is 13.2. The third-order valence-electron chi connectivity index (χ3n) is 5.55. The van der Waals surface area contributed by atoms with Gasteiger partial charge in [-0.15, -0.1) is 0 Å². The molecule has 4 heterocycles. The van der Waals surface area contributed by atoms with Gasteiger partial charge in [0.25, 0.3) is 5.91 Å². The van der Waals surface area contributed by atoms with Gasteiger partial charge in [0.2, 0.25) is 0 Å². The molecule has 0 unspecified atom stereocenters. The lowest BCUT2D eigenvalue weighted by Crippen LogP contribution is -2.39. The highest BCUT2D eigenvalue weighted by Gasteiger charge is 2.33. The highest BCUT2D eigenvalue weighted by molar-refractivity contribution is 6.30. The molecular weight excluding hydrogens is 388 g/mol. The van der Waals surface area contributed by atoms with Crippen LogP contribution in [0.1, 0.15) is 34.6 Å². The SMILES string of the molecule is C[C@H]1c2nn(C)c(-c3cccc(Cl)c3)c2CCN1C(=O)c1cnc2ccoc2c1. The van der Waals surface area contributed by atoms with E-state index in [1.807, 2.05) is 47.8 Å². The summed E-state index contributed by atoms with van der Waals surface area (Å²) in [5.74, 6) is -0.0658. The van der Waals surface area contributed by atoms with Gasteiger partial charge in [-0.25, -0.2) is 0 Å². The fourth-order valence-corrected chi connectivity index (χ4v) is 4.34. The lowest BCUT2D eigenvalue weighted by atomic mass is 9.95. The summed E-state index contributed by atoms with van der Waals surface area (Å²) in [5.41, 5.74) is 6.07. The standard InChI is InChI=1S/C22H19ClN4O2/c1-13-20-17(21(26(2)25-20)14-4-3-5-16(23)10-14)6-8-27(13)22(28)15-11-19-18(24-12-15)7-9-29-19/h3-5,7,9-13H,6,8H2,1-2H3/t13-/m0/s1. The van der Waals surface area contributed by atoms with Crippen molar-refractivity contribution in [3.05, 3.63) is 70.7 Å². The average Bonchev–Trinajstić information content (AvgIpc) is 3.31. The molecule has 29 heavy (non-hydrogen) atoms. The molecule has 0 aliphatic carbocycles. The summed E-state index contributed by atoms with van der Waals surface area (Å²) in [6.07, 6.45) is 3.92. The van der Waals surface area contributed by atoms with E-state index in [4.69, 9.17) is 21.1 Å². The minimum absolute atomic E-state index is 0.0658. The first-order chi connectivity index (χ1) is 14.0. The Balaban J connectivity index is 1.50. The molecule has 0 saturated carbocycles. The molecule has 146 valence electrons. The highest BCUT2D eigenvalue weighted by Crippen LogP contribution is 2.36. The molecule has 0 saturated heterocycles. The van der Waals surface area contributed by atoms with Crippen molar-refractivity contribution in [2.24, 2.45) is 7.05 Å². The fourth-order valence-electron chi connectivity index (χ4n) is 4.15. The third kappa shape index (κ3) is 2.91. The van der Waals surface area contributed by atoms with Crippen LogP contribution in [0.15, 0.2) is 53.3 Å². The van der Waals surface area contributed by atoms with Crippen LogP contribution in [-0.4, -0.2) is 32.1 Å². The van der Waals surface area contributed by atoms with Crippen molar-refractivity contribution in [3.63, 3.8) is 0 Å². The van der Waals surface area contributed by atoms with Gasteiger partial charge < -0.3 is 9.32 Å². The molecule has 6 nitrogen and oxygen atoms in total. The van der Waals surface area contributed by atoms with Crippen LogP contribution in [0.2, 0.25) is 5.02 Å². The number of rotatable bonds is 2. The number of fused-ring (bicyclic) bond motifs is 2. The van der Waals surface area contributed by atoms with Crippen LogP contribution < -0.4 is 0 Å². The van der Waals surface area contributed by atoms with Gasteiger partial charge in [-0.05, 0) is 31.5 Å². The molecule has 0 spiro atoms. The van der Waals surface area contributed by atoms with Gasteiger partial charge in [0.05, 0.1) is 29.3 Å². The Kier molecular flexibility index (Phi) is 4.17. The fraction of sp³-hybridized carbons (Fsp3) is 0.227. The lowest BCUT2D eigenvalue weighted by molar-refractivity contribution is 0.0673. The summed E-state index contributed by atoms with van der Waals surface area (Å²) >= 11 is 6.20. The molecule has 1 amide bonds. The number of aromatic nitrogens is 3. The zero-order valence-corrected chi connectivity index (χ0v) is 16.8. The molecule has 0 bridgehead atoms. The van der Waals surface area contributed by atoms with Crippen LogP contribution in [0.4, 0.5) is 0 Å².